The molecule has 2 heterocycles. The smallest absolute Gasteiger partial charge is 0.187 e. The summed E-state index contributed by atoms with van der Waals surface area (Å²) < 4.78 is 2.16. The molecule has 3 aromatic rings. The Morgan fingerprint density at radius 2 is 1.75 bits per heavy atom. The molecule has 0 saturated heterocycles. The molecule has 0 saturated carbocycles. The lowest BCUT2D eigenvalue weighted by Gasteiger charge is -2.10. The second-order valence-corrected chi connectivity index (χ2v) is 5.63. The van der Waals surface area contributed by atoms with E-state index in [4.69, 9.17) is 6.57 Å². The number of rotatable bonds is 3. The van der Waals surface area contributed by atoms with Crippen LogP contribution in [0.25, 0.3) is 16.0 Å². The van der Waals surface area contributed by atoms with Gasteiger partial charge in [-0.2, -0.15) is 5.26 Å². The SMILES string of the molecule is [C-]#[N+]c1ccc(-c2c(C#N)c(C)n(Cc3ccncc3)c2C)cc1. The zero-order valence-electron chi connectivity index (χ0n) is 13.6. The van der Waals surface area contributed by atoms with Gasteiger partial charge in [0.1, 0.15) is 6.07 Å². The van der Waals surface area contributed by atoms with Crippen LogP contribution in [0, 0.1) is 31.8 Å². The third kappa shape index (κ3) is 2.66. The first-order chi connectivity index (χ1) is 11.7. The monoisotopic (exact) mass is 312 g/mol. The number of nitriles is 1. The van der Waals surface area contributed by atoms with E-state index in [1.54, 1.807) is 24.5 Å². The minimum absolute atomic E-state index is 0.600. The fraction of sp³-hybridized carbons (Fsp3) is 0.150. The van der Waals surface area contributed by atoms with Gasteiger partial charge in [0.05, 0.1) is 12.1 Å². The van der Waals surface area contributed by atoms with Crippen molar-refractivity contribution in [2.24, 2.45) is 0 Å². The molecular weight excluding hydrogens is 296 g/mol. The fourth-order valence-corrected chi connectivity index (χ4v) is 2.98. The predicted octanol–water partition coefficient (Wildman–Crippen LogP) is 4.64. The number of nitrogens with zero attached hydrogens (tertiary/aromatic N) is 4. The highest BCUT2D eigenvalue weighted by Gasteiger charge is 2.19. The maximum absolute atomic E-state index is 9.64. The molecule has 0 bridgehead atoms. The van der Waals surface area contributed by atoms with Crippen molar-refractivity contribution >= 4 is 5.69 Å². The van der Waals surface area contributed by atoms with Crippen molar-refractivity contribution in [3.8, 4) is 17.2 Å². The quantitative estimate of drug-likeness (QED) is 0.661. The van der Waals surface area contributed by atoms with Gasteiger partial charge in [-0.3, -0.25) is 4.98 Å². The molecule has 1 aromatic carbocycles. The molecule has 0 amide bonds. The Kier molecular flexibility index (Phi) is 4.14. The van der Waals surface area contributed by atoms with E-state index in [1.807, 2.05) is 38.1 Å². The molecule has 0 aliphatic heterocycles. The van der Waals surface area contributed by atoms with Crippen LogP contribution < -0.4 is 0 Å². The first kappa shape index (κ1) is 15.5. The molecule has 0 N–H and O–H groups in total. The Labute approximate surface area is 141 Å². The van der Waals surface area contributed by atoms with Gasteiger partial charge in [-0.1, -0.05) is 24.3 Å². The normalized spacial score (nSPS) is 10.2. The maximum Gasteiger partial charge on any atom is 0.187 e. The molecular formula is C20H16N4. The molecule has 0 atom stereocenters. The summed E-state index contributed by atoms with van der Waals surface area (Å²) in [7, 11) is 0. The Balaban J connectivity index is 2.12. The van der Waals surface area contributed by atoms with E-state index in [0.29, 0.717) is 17.8 Å². The van der Waals surface area contributed by atoms with Gasteiger partial charge in [-0.15, -0.1) is 0 Å². The third-order valence-corrected chi connectivity index (χ3v) is 4.27. The molecule has 0 radical (unpaired) electrons. The third-order valence-electron chi connectivity index (χ3n) is 4.27. The lowest BCUT2D eigenvalue weighted by molar-refractivity contribution is 0.748. The summed E-state index contributed by atoms with van der Waals surface area (Å²) in [5, 5.41) is 9.64. The van der Waals surface area contributed by atoms with E-state index < -0.39 is 0 Å². The van der Waals surface area contributed by atoms with Gasteiger partial charge in [0, 0.05) is 35.9 Å². The second-order valence-electron chi connectivity index (χ2n) is 5.63. The van der Waals surface area contributed by atoms with Gasteiger partial charge in [0.25, 0.3) is 0 Å². The number of hydrogen-bond donors (Lipinski definition) is 0. The summed E-state index contributed by atoms with van der Waals surface area (Å²) >= 11 is 0. The van der Waals surface area contributed by atoms with Crippen LogP contribution in [0.1, 0.15) is 22.5 Å². The molecule has 0 unspecified atom stereocenters. The maximum atomic E-state index is 9.64. The van der Waals surface area contributed by atoms with E-state index in [2.05, 4.69) is 20.5 Å². The summed E-state index contributed by atoms with van der Waals surface area (Å²) in [6.07, 6.45) is 3.55. The average Bonchev–Trinajstić information content (AvgIpc) is 2.86. The fourth-order valence-electron chi connectivity index (χ4n) is 2.98. The molecule has 0 spiro atoms. The minimum atomic E-state index is 0.600. The van der Waals surface area contributed by atoms with Crippen molar-refractivity contribution in [3.63, 3.8) is 0 Å². The van der Waals surface area contributed by atoms with Crippen molar-refractivity contribution < 1.29 is 0 Å². The van der Waals surface area contributed by atoms with Crippen molar-refractivity contribution in [1.82, 2.24) is 9.55 Å². The highest BCUT2D eigenvalue weighted by Crippen LogP contribution is 2.33. The molecule has 24 heavy (non-hydrogen) atoms. The van der Waals surface area contributed by atoms with Crippen molar-refractivity contribution in [1.29, 1.82) is 5.26 Å². The summed E-state index contributed by atoms with van der Waals surface area (Å²) in [6, 6.07) is 13.7. The van der Waals surface area contributed by atoms with E-state index in [1.165, 1.54) is 0 Å². The molecule has 2 aromatic heterocycles. The number of pyridine rings is 1. The summed E-state index contributed by atoms with van der Waals surface area (Å²) in [4.78, 5) is 7.47. The van der Waals surface area contributed by atoms with Gasteiger partial charge in [-0.05, 0) is 37.1 Å². The van der Waals surface area contributed by atoms with Gasteiger partial charge in [0.15, 0.2) is 5.69 Å². The number of hydrogen-bond acceptors (Lipinski definition) is 2. The number of benzene rings is 1. The van der Waals surface area contributed by atoms with Crippen LogP contribution in [-0.4, -0.2) is 9.55 Å². The molecule has 0 aliphatic rings. The van der Waals surface area contributed by atoms with Crippen LogP contribution >= 0.6 is 0 Å². The second kappa shape index (κ2) is 6.40. The predicted molar refractivity (Wildman–Crippen MR) is 93.7 cm³/mol. The largest absolute Gasteiger partial charge is 0.343 e. The van der Waals surface area contributed by atoms with Crippen LogP contribution in [0.3, 0.4) is 0 Å². The van der Waals surface area contributed by atoms with E-state index >= 15 is 0 Å². The summed E-state index contributed by atoms with van der Waals surface area (Å²) in [5.41, 5.74) is 6.35. The standard InChI is InChI=1S/C20H16N4/c1-14-19(12-21)20(17-4-6-18(22-3)7-5-17)15(2)24(14)13-16-8-10-23-11-9-16/h4-11H,13H2,1-2H3. The van der Waals surface area contributed by atoms with Crippen molar-refractivity contribution in [2.75, 3.05) is 0 Å². The Hall–Kier alpha value is -3.37. The Bertz CT molecular complexity index is 952. The van der Waals surface area contributed by atoms with Gasteiger partial charge in [0.2, 0.25) is 0 Å². The van der Waals surface area contributed by atoms with Crippen molar-refractivity contribution in [2.45, 2.75) is 20.4 Å². The van der Waals surface area contributed by atoms with Gasteiger partial charge in [-0.25, -0.2) is 4.85 Å². The zero-order valence-corrected chi connectivity index (χ0v) is 13.6. The van der Waals surface area contributed by atoms with Crippen molar-refractivity contribution in [3.05, 3.63) is 82.7 Å². The molecule has 4 heteroatoms. The van der Waals surface area contributed by atoms with E-state index in [9.17, 15) is 5.26 Å². The van der Waals surface area contributed by atoms with E-state index in [0.717, 1.165) is 28.1 Å². The lowest BCUT2D eigenvalue weighted by Crippen LogP contribution is -2.04. The van der Waals surface area contributed by atoms with Crippen LogP contribution in [0.15, 0.2) is 48.8 Å². The topological polar surface area (TPSA) is 46.0 Å². The lowest BCUT2D eigenvalue weighted by atomic mass is 10.0. The summed E-state index contributed by atoms with van der Waals surface area (Å²) in [5.74, 6) is 0. The molecule has 3 rings (SSSR count). The molecule has 116 valence electrons. The zero-order chi connectivity index (χ0) is 17.1. The van der Waals surface area contributed by atoms with Gasteiger partial charge < -0.3 is 4.57 Å². The van der Waals surface area contributed by atoms with Crippen LogP contribution in [0.2, 0.25) is 0 Å². The summed E-state index contributed by atoms with van der Waals surface area (Å²) in [6.45, 7) is 11.8. The minimum Gasteiger partial charge on any atom is -0.343 e. The molecule has 0 fully saturated rings. The highest BCUT2D eigenvalue weighted by atomic mass is 15.0. The first-order valence-corrected chi connectivity index (χ1v) is 7.62. The first-order valence-electron chi connectivity index (χ1n) is 7.62. The van der Waals surface area contributed by atoms with Gasteiger partial charge >= 0.3 is 0 Å². The number of aromatic nitrogens is 2. The molecule has 0 aliphatic carbocycles. The molecule has 4 nitrogen and oxygen atoms in total. The van der Waals surface area contributed by atoms with Crippen LogP contribution in [0.5, 0.6) is 0 Å². The average molecular weight is 312 g/mol. The van der Waals surface area contributed by atoms with Crippen LogP contribution in [-0.2, 0) is 6.54 Å². The Morgan fingerprint density at radius 1 is 1.08 bits per heavy atom. The van der Waals surface area contributed by atoms with E-state index in [-0.39, 0.29) is 0 Å². The highest BCUT2D eigenvalue weighted by molar-refractivity contribution is 5.76. The van der Waals surface area contributed by atoms with Crippen LogP contribution in [0.4, 0.5) is 5.69 Å². The Morgan fingerprint density at radius 3 is 2.33 bits per heavy atom.